The van der Waals surface area contributed by atoms with Crippen molar-refractivity contribution in [2.45, 2.75) is 13.5 Å². The number of ether oxygens (including phenoxy) is 1. The highest BCUT2D eigenvalue weighted by Gasteiger charge is 2.17. The maximum Gasteiger partial charge on any atom is 0.168 e. The van der Waals surface area contributed by atoms with E-state index in [-0.39, 0.29) is 5.75 Å². The number of phenolic OH excluding ortho intramolecular Hbond substituents is 1. The van der Waals surface area contributed by atoms with Crippen LogP contribution in [0.2, 0.25) is 0 Å². The van der Waals surface area contributed by atoms with Crippen LogP contribution in [0.5, 0.6) is 11.5 Å². The number of imidazole rings is 1. The van der Waals surface area contributed by atoms with Gasteiger partial charge in [0.25, 0.3) is 0 Å². The largest absolute Gasteiger partial charge is 0.504 e. The summed E-state index contributed by atoms with van der Waals surface area (Å²) in [6.07, 6.45) is 1.74. The first-order valence-electron chi connectivity index (χ1n) is 6.43. The number of aromatic hydroxyl groups is 1. The van der Waals surface area contributed by atoms with E-state index in [1.54, 1.807) is 12.3 Å². The number of hydrogen-bond acceptors (Lipinski definition) is 4. The lowest BCUT2D eigenvalue weighted by Crippen LogP contribution is -1.99. The number of methoxy groups -OCH3 is 1. The summed E-state index contributed by atoms with van der Waals surface area (Å²) in [5, 5.41) is 10.3. The van der Waals surface area contributed by atoms with Crippen molar-refractivity contribution in [1.29, 1.82) is 0 Å². The summed E-state index contributed by atoms with van der Waals surface area (Å²) in [5.74, 6) is 1.22. The van der Waals surface area contributed by atoms with E-state index in [2.05, 4.69) is 9.97 Å². The smallest absolute Gasteiger partial charge is 0.168 e. The molecule has 0 saturated carbocycles. The lowest BCUT2D eigenvalue weighted by atomic mass is 10.1. The van der Waals surface area contributed by atoms with Gasteiger partial charge in [0.15, 0.2) is 17.1 Å². The normalized spacial score (nSPS) is 10.9. The van der Waals surface area contributed by atoms with Gasteiger partial charge in [0.2, 0.25) is 0 Å². The quantitative estimate of drug-likeness (QED) is 0.794. The van der Waals surface area contributed by atoms with Crippen molar-refractivity contribution in [3.8, 4) is 22.9 Å². The summed E-state index contributed by atoms with van der Waals surface area (Å²) < 4.78 is 7.13. The van der Waals surface area contributed by atoms with E-state index in [1.807, 2.05) is 35.8 Å². The summed E-state index contributed by atoms with van der Waals surface area (Å²) in [4.78, 5) is 8.93. The average molecular weight is 269 g/mol. The second kappa shape index (κ2) is 4.85. The molecular formula is C15H15N3O2. The first-order chi connectivity index (χ1) is 9.76. The van der Waals surface area contributed by atoms with E-state index >= 15 is 0 Å². The highest BCUT2D eigenvalue weighted by molar-refractivity contribution is 5.79. The molecule has 20 heavy (non-hydrogen) atoms. The summed E-state index contributed by atoms with van der Waals surface area (Å²) >= 11 is 0. The van der Waals surface area contributed by atoms with Gasteiger partial charge in [-0.2, -0.15) is 0 Å². The first kappa shape index (κ1) is 12.5. The van der Waals surface area contributed by atoms with Crippen LogP contribution in [0.15, 0.2) is 36.5 Å². The number of hydrogen-bond donors (Lipinski definition) is 1. The minimum absolute atomic E-state index is 0.0972. The van der Waals surface area contributed by atoms with Crippen molar-refractivity contribution >= 4 is 11.2 Å². The molecular weight excluding hydrogens is 254 g/mol. The molecule has 2 heterocycles. The van der Waals surface area contributed by atoms with Crippen LogP contribution in [0.3, 0.4) is 0 Å². The zero-order chi connectivity index (χ0) is 14.1. The summed E-state index contributed by atoms with van der Waals surface area (Å²) in [6, 6.07) is 9.14. The molecule has 0 fully saturated rings. The molecule has 5 nitrogen and oxygen atoms in total. The van der Waals surface area contributed by atoms with Gasteiger partial charge in [-0.3, -0.25) is 0 Å². The summed E-state index contributed by atoms with van der Waals surface area (Å²) in [7, 11) is 1.53. The predicted molar refractivity (Wildman–Crippen MR) is 76.9 cm³/mol. The summed E-state index contributed by atoms with van der Waals surface area (Å²) in [5.41, 5.74) is 2.27. The number of phenols is 1. The number of nitrogens with zero attached hydrogens (tertiary/aromatic N) is 3. The van der Waals surface area contributed by atoms with Crippen molar-refractivity contribution in [1.82, 2.24) is 14.5 Å². The third kappa shape index (κ3) is 1.79. The average Bonchev–Trinajstić information content (AvgIpc) is 2.85. The predicted octanol–water partition coefficient (Wildman–Crippen LogP) is 2.83. The molecule has 5 heteroatoms. The van der Waals surface area contributed by atoms with E-state index in [0.29, 0.717) is 17.1 Å². The van der Waals surface area contributed by atoms with E-state index in [1.165, 1.54) is 7.11 Å². The Balaban J connectivity index is 2.29. The molecule has 1 aromatic carbocycles. The SMILES string of the molecule is CCn1c(-c2cccc(OC)c2O)nc2cccnc21. The molecule has 102 valence electrons. The minimum atomic E-state index is 0.0972. The summed E-state index contributed by atoms with van der Waals surface area (Å²) in [6.45, 7) is 2.75. The maximum atomic E-state index is 10.3. The van der Waals surface area contributed by atoms with Gasteiger partial charge in [-0.25, -0.2) is 9.97 Å². The highest BCUT2D eigenvalue weighted by Crippen LogP contribution is 2.37. The van der Waals surface area contributed by atoms with Crippen LogP contribution < -0.4 is 4.74 Å². The van der Waals surface area contributed by atoms with Crippen molar-refractivity contribution in [2.24, 2.45) is 0 Å². The Labute approximate surface area is 116 Å². The molecule has 0 aliphatic carbocycles. The minimum Gasteiger partial charge on any atom is -0.504 e. The van der Waals surface area contributed by atoms with Gasteiger partial charge in [0, 0.05) is 12.7 Å². The fourth-order valence-corrected chi connectivity index (χ4v) is 2.33. The van der Waals surface area contributed by atoms with Crippen LogP contribution in [0.4, 0.5) is 0 Å². The third-order valence-corrected chi connectivity index (χ3v) is 3.28. The highest BCUT2D eigenvalue weighted by atomic mass is 16.5. The number of aromatic nitrogens is 3. The van der Waals surface area contributed by atoms with Crippen LogP contribution in [0, 0.1) is 0 Å². The molecule has 0 aliphatic heterocycles. The molecule has 0 saturated heterocycles. The topological polar surface area (TPSA) is 60.2 Å². The second-order valence-corrected chi connectivity index (χ2v) is 4.38. The molecule has 1 N–H and O–H groups in total. The Morgan fingerprint density at radius 2 is 2.10 bits per heavy atom. The number of aryl methyl sites for hydroxylation is 1. The molecule has 2 aromatic heterocycles. The number of fused-ring (bicyclic) bond motifs is 1. The lowest BCUT2D eigenvalue weighted by Gasteiger charge is -2.09. The molecule has 0 aliphatic rings. The van der Waals surface area contributed by atoms with E-state index in [4.69, 9.17) is 4.74 Å². The molecule has 0 spiro atoms. The molecule has 0 bridgehead atoms. The Kier molecular flexibility index (Phi) is 3.02. The van der Waals surface area contributed by atoms with E-state index in [0.717, 1.165) is 17.7 Å². The van der Waals surface area contributed by atoms with Gasteiger partial charge >= 0.3 is 0 Å². The van der Waals surface area contributed by atoms with Gasteiger partial charge in [-0.15, -0.1) is 0 Å². The second-order valence-electron chi connectivity index (χ2n) is 4.38. The first-order valence-corrected chi connectivity index (χ1v) is 6.43. The van der Waals surface area contributed by atoms with E-state index < -0.39 is 0 Å². The van der Waals surface area contributed by atoms with Crippen LogP contribution >= 0.6 is 0 Å². The molecule has 0 radical (unpaired) electrons. The Morgan fingerprint density at radius 3 is 2.85 bits per heavy atom. The number of pyridine rings is 1. The van der Waals surface area contributed by atoms with Crippen molar-refractivity contribution in [2.75, 3.05) is 7.11 Å². The zero-order valence-corrected chi connectivity index (χ0v) is 11.4. The molecule has 0 amide bonds. The van der Waals surface area contributed by atoms with Crippen molar-refractivity contribution in [3.05, 3.63) is 36.5 Å². The van der Waals surface area contributed by atoms with Gasteiger partial charge in [-0.1, -0.05) is 6.07 Å². The molecule has 3 rings (SSSR count). The fraction of sp³-hybridized carbons (Fsp3) is 0.200. The van der Waals surface area contributed by atoms with Crippen molar-refractivity contribution in [3.63, 3.8) is 0 Å². The molecule has 0 unspecified atom stereocenters. The van der Waals surface area contributed by atoms with Crippen LogP contribution in [-0.4, -0.2) is 26.8 Å². The number of para-hydroxylation sites is 1. The van der Waals surface area contributed by atoms with Gasteiger partial charge in [-0.05, 0) is 31.2 Å². The molecule has 3 aromatic rings. The Hall–Kier alpha value is -2.56. The van der Waals surface area contributed by atoms with Crippen molar-refractivity contribution < 1.29 is 9.84 Å². The van der Waals surface area contributed by atoms with Gasteiger partial charge < -0.3 is 14.4 Å². The zero-order valence-electron chi connectivity index (χ0n) is 11.4. The number of rotatable bonds is 3. The number of benzene rings is 1. The fourth-order valence-electron chi connectivity index (χ4n) is 2.33. The monoisotopic (exact) mass is 269 g/mol. The molecule has 0 atom stereocenters. The third-order valence-electron chi connectivity index (χ3n) is 3.28. The van der Waals surface area contributed by atoms with Crippen LogP contribution in [0.25, 0.3) is 22.6 Å². The van der Waals surface area contributed by atoms with E-state index in [9.17, 15) is 5.11 Å². The van der Waals surface area contributed by atoms with Crippen LogP contribution in [-0.2, 0) is 6.54 Å². The Morgan fingerprint density at radius 1 is 1.25 bits per heavy atom. The standard InChI is InChI=1S/C15H15N3O2/c1-3-18-14(17-11-7-5-9-16-15(11)18)10-6-4-8-12(20-2)13(10)19/h4-9,19H,3H2,1-2H3. The van der Waals surface area contributed by atoms with Crippen LogP contribution in [0.1, 0.15) is 6.92 Å². The Bertz CT molecular complexity index is 765. The van der Waals surface area contributed by atoms with Gasteiger partial charge in [0.1, 0.15) is 11.3 Å². The van der Waals surface area contributed by atoms with Gasteiger partial charge in [0.05, 0.1) is 12.7 Å². The maximum absolute atomic E-state index is 10.3. The lowest BCUT2D eigenvalue weighted by molar-refractivity contribution is 0.374.